The molecule has 9 heteroatoms. The fourth-order valence-electron chi connectivity index (χ4n) is 3.56. The smallest absolute Gasteiger partial charge is 0.251 e. The first-order valence-corrected chi connectivity index (χ1v) is 11.1. The number of anilines is 2. The van der Waals surface area contributed by atoms with Gasteiger partial charge in [0, 0.05) is 49.0 Å². The van der Waals surface area contributed by atoms with Crippen LogP contribution in [0.25, 0.3) is 0 Å². The number of nitrogens with zero attached hydrogens (tertiary/aromatic N) is 2. The van der Waals surface area contributed by atoms with Gasteiger partial charge in [-0.25, -0.2) is 0 Å². The van der Waals surface area contributed by atoms with Crippen molar-refractivity contribution in [1.29, 1.82) is 0 Å². The summed E-state index contributed by atoms with van der Waals surface area (Å²) in [6.07, 6.45) is 2.13. The van der Waals surface area contributed by atoms with Gasteiger partial charge in [0.25, 0.3) is 5.91 Å². The predicted octanol–water partition coefficient (Wildman–Crippen LogP) is 3.07. The van der Waals surface area contributed by atoms with Crippen LogP contribution in [0.2, 0.25) is 5.02 Å². The molecule has 0 aromatic heterocycles. The number of hydrogen-bond donors (Lipinski definition) is 2. The second-order valence-corrected chi connectivity index (χ2v) is 8.50. The fourth-order valence-corrected chi connectivity index (χ4v) is 3.68. The molecule has 1 aliphatic rings. The van der Waals surface area contributed by atoms with Crippen molar-refractivity contribution in [3.63, 3.8) is 0 Å². The number of benzene rings is 2. The first-order valence-electron chi connectivity index (χ1n) is 10.7. The Kier molecular flexibility index (Phi) is 8.06. The Balaban J connectivity index is 1.67. The van der Waals surface area contributed by atoms with Crippen molar-refractivity contribution in [2.75, 3.05) is 30.9 Å². The molecule has 1 fully saturated rings. The first-order chi connectivity index (χ1) is 15.7. The molecule has 2 N–H and O–H groups in total. The molecule has 33 heavy (non-hydrogen) atoms. The maximum absolute atomic E-state index is 12.8. The van der Waals surface area contributed by atoms with Gasteiger partial charge in [0.05, 0.1) is 6.42 Å². The maximum atomic E-state index is 12.8. The molecule has 0 saturated carbocycles. The third-order valence-electron chi connectivity index (χ3n) is 5.33. The number of carbonyl (C=O) groups excluding carboxylic acids is 4. The van der Waals surface area contributed by atoms with Crippen LogP contribution in [0.3, 0.4) is 0 Å². The minimum atomic E-state index is -1.04. The fraction of sp³-hybridized carbons (Fsp3) is 0.333. The lowest BCUT2D eigenvalue weighted by Gasteiger charge is -2.27. The molecule has 174 valence electrons. The second-order valence-electron chi connectivity index (χ2n) is 8.07. The van der Waals surface area contributed by atoms with E-state index in [9.17, 15) is 19.2 Å². The third kappa shape index (κ3) is 6.55. The molecule has 2 aromatic carbocycles. The highest BCUT2D eigenvalue weighted by Gasteiger charge is 2.26. The van der Waals surface area contributed by atoms with E-state index in [0.717, 1.165) is 18.5 Å². The van der Waals surface area contributed by atoms with Crippen LogP contribution >= 0.6 is 11.6 Å². The highest BCUT2D eigenvalue weighted by atomic mass is 35.5. The number of piperidine rings is 1. The number of hydrogen-bond acceptors (Lipinski definition) is 4. The zero-order chi connectivity index (χ0) is 24.0. The summed E-state index contributed by atoms with van der Waals surface area (Å²) in [5, 5.41) is 5.89. The minimum absolute atomic E-state index is 0.0711. The Morgan fingerprint density at radius 1 is 1.03 bits per heavy atom. The molecule has 0 aliphatic carbocycles. The van der Waals surface area contributed by atoms with E-state index in [4.69, 9.17) is 11.6 Å². The molecular weight excluding hydrogens is 444 g/mol. The van der Waals surface area contributed by atoms with Crippen LogP contribution in [0, 0.1) is 0 Å². The zero-order valence-electron chi connectivity index (χ0n) is 18.6. The van der Waals surface area contributed by atoms with Gasteiger partial charge in [-0.05, 0) is 61.4 Å². The number of carbonyl (C=O) groups is 4. The third-order valence-corrected chi connectivity index (χ3v) is 5.58. The van der Waals surface area contributed by atoms with Crippen molar-refractivity contribution in [3.8, 4) is 0 Å². The van der Waals surface area contributed by atoms with Gasteiger partial charge in [0.15, 0.2) is 0 Å². The van der Waals surface area contributed by atoms with Gasteiger partial charge in [0.1, 0.15) is 6.04 Å². The Morgan fingerprint density at radius 2 is 1.70 bits per heavy atom. The lowest BCUT2D eigenvalue weighted by Crippen LogP contribution is -2.48. The standard InChI is InChI=1S/C24H27ClN4O4/c1-28(2)24(33)20(15-21(30)26-18-10-8-17(25)9-11-18)27-23(32)16-6-12-19(13-7-16)29-14-4-3-5-22(29)31/h6-13,20H,3-5,14-15H2,1-2H3,(H,26,30)(H,27,32). The van der Waals surface area contributed by atoms with Crippen molar-refractivity contribution < 1.29 is 19.2 Å². The molecule has 1 atom stereocenters. The van der Waals surface area contributed by atoms with E-state index in [1.54, 1.807) is 67.5 Å². The number of halogens is 1. The van der Waals surface area contributed by atoms with E-state index in [-0.39, 0.29) is 12.3 Å². The summed E-state index contributed by atoms with van der Waals surface area (Å²) in [5.41, 5.74) is 1.60. The van der Waals surface area contributed by atoms with Crippen molar-refractivity contribution in [3.05, 3.63) is 59.1 Å². The van der Waals surface area contributed by atoms with Crippen molar-refractivity contribution in [1.82, 2.24) is 10.2 Å². The molecule has 1 saturated heterocycles. The van der Waals surface area contributed by atoms with Crippen LogP contribution in [0.4, 0.5) is 11.4 Å². The van der Waals surface area contributed by atoms with Gasteiger partial charge in [-0.1, -0.05) is 11.6 Å². The van der Waals surface area contributed by atoms with E-state index in [2.05, 4.69) is 10.6 Å². The first kappa shape index (κ1) is 24.3. The van der Waals surface area contributed by atoms with Crippen LogP contribution in [0.1, 0.15) is 36.0 Å². The van der Waals surface area contributed by atoms with Gasteiger partial charge in [-0.15, -0.1) is 0 Å². The molecule has 3 rings (SSSR count). The van der Waals surface area contributed by atoms with Gasteiger partial charge in [-0.2, -0.15) is 0 Å². The molecule has 1 heterocycles. The average molecular weight is 471 g/mol. The van der Waals surface area contributed by atoms with E-state index < -0.39 is 23.8 Å². The second kappa shape index (κ2) is 11.0. The zero-order valence-corrected chi connectivity index (χ0v) is 19.4. The molecule has 4 amide bonds. The van der Waals surface area contributed by atoms with Crippen LogP contribution in [-0.4, -0.2) is 55.2 Å². The highest BCUT2D eigenvalue weighted by Crippen LogP contribution is 2.21. The van der Waals surface area contributed by atoms with E-state index in [1.807, 2.05) is 0 Å². The highest BCUT2D eigenvalue weighted by molar-refractivity contribution is 6.30. The predicted molar refractivity (Wildman–Crippen MR) is 127 cm³/mol. The van der Waals surface area contributed by atoms with Gasteiger partial charge >= 0.3 is 0 Å². The lowest BCUT2D eigenvalue weighted by molar-refractivity contribution is -0.132. The average Bonchev–Trinajstić information content (AvgIpc) is 2.80. The number of rotatable bonds is 7. The molecule has 8 nitrogen and oxygen atoms in total. The minimum Gasteiger partial charge on any atom is -0.347 e. The number of nitrogens with one attached hydrogen (secondary N) is 2. The summed E-state index contributed by atoms with van der Waals surface area (Å²) >= 11 is 5.86. The molecule has 0 radical (unpaired) electrons. The molecule has 0 bridgehead atoms. The van der Waals surface area contributed by atoms with Crippen molar-refractivity contribution in [2.24, 2.45) is 0 Å². The summed E-state index contributed by atoms with van der Waals surface area (Å²) in [5.74, 6) is -1.23. The molecule has 0 spiro atoms. The Bertz CT molecular complexity index is 1020. The van der Waals surface area contributed by atoms with E-state index in [0.29, 0.717) is 29.2 Å². The quantitative estimate of drug-likeness (QED) is 0.649. The maximum Gasteiger partial charge on any atom is 0.251 e. The summed E-state index contributed by atoms with van der Waals surface area (Å²) < 4.78 is 0. The summed E-state index contributed by atoms with van der Waals surface area (Å²) in [6, 6.07) is 12.2. The Labute approximate surface area is 197 Å². The molecule has 2 aromatic rings. The molecular formula is C24H27ClN4O4. The van der Waals surface area contributed by atoms with Crippen molar-refractivity contribution >= 4 is 46.6 Å². The topological polar surface area (TPSA) is 98.8 Å². The lowest BCUT2D eigenvalue weighted by atomic mass is 10.1. The monoisotopic (exact) mass is 470 g/mol. The van der Waals surface area contributed by atoms with Crippen LogP contribution < -0.4 is 15.5 Å². The largest absolute Gasteiger partial charge is 0.347 e. The normalized spacial score (nSPS) is 14.4. The number of likely N-dealkylation sites (N-methyl/N-ethyl adjacent to an activating group) is 1. The number of amides is 4. The van der Waals surface area contributed by atoms with Crippen LogP contribution in [0.5, 0.6) is 0 Å². The van der Waals surface area contributed by atoms with Crippen LogP contribution in [-0.2, 0) is 14.4 Å². The van der Waals surface area contributed by atoms with Crippen LogP contribution in [0.15, 0.2) is 48.5 Å². The van der Waals surface area contributed by atoms with Gasteiger partial charge in [-0.3, -0.25) is 19.2 Å². The summed E-state index contributed by atoms with van der Waals surface area (Å²) in [6.45, 7) is 0.659. The Morgan fingerprint density at radius 3 is 2.30 bits per heavy atom. The van der Waals surface area contributed by atoms with E-state index >= 15 is 0 Å². The summed E-state index contributed by atoms with van der Waals surface area (Å²) in [4.78, 5) is 53.1. The molecule has 1 aliphatic heterocycles. The summed E-state index contributed by atoms with van der Waals surface area (Å²) in [7, 11) is 3.12. The van der Waals surface area contributed by atoms with Gasteiger partial charge < -0.3 is 20.4 Å². The van der Waals surface area contributed by atoms with E-state index in [1.165, 1.54) is 4.90 Å². The molecule has 1 unspecified atom stereocenters. The van der Waals surface area contributed by atoms with Gasteiger partial charge in [0.2, 0.25) is 17.7 Å². The SMILES string of the molecule is CN(C)C(=O)C(CC(=O)Nc1ccc(Cl)cc1)NC(=O)c1ccc(N2CCCCC2=O)cc1. The Hall–Kier alpha value is -3.39. The van der Waals surface area contributed by atoms with Crippen molar-refractivity contribution in [2.45, 2.75) is 31.7 Å².